The molecule has 3 rings (SSSR count). The highest BCUT2D eigenvalue weighted by Crippen LogP contribution is 2.11. The van der Waals surface area contributed by atoms with Crippen LogP contribution in [-0.4, -0.2) is 9.13 Å². The van der Waals surface area contributed by atoms with E-state index in [1.165, 1.54) is 9.13 Å². The number of fused-ring (bicyclic) bond motifs is 1. The monoisotopic (exact) mass is 300 g/mol. The lowest BCUT2D eigenvalue weighted by molar-refractivity contribution is 0.660. The van der Waals surface area contributed by atoms with Crippen molar-refractivity contribution in [1.82, 2.24) is 9.13 Å². The number of nitrogens with zero attached hydrogens (tertiary/aromatic N) is 2. The van der Waals surface area contributed by atoms with Gasteiger partial charge in [-0.1, -0.05) is 35.9 Å². The van der Waals surface area contributed by atoms with Gasteiger partial charge in [0.25, 0.3) is 5.56 Å². The van der Waals surface area contributed by atoms with Gasteiger partial charge in [0.2, 0.25) is 0 Å². The van der Waals surface area contributed by atoms with E-state index in [4.69, 9.17) is 11.6 Å². The quantitative estimate of drug-likeness (QED) is 0.729. The molecule has 5 heteroatoms. The molecule has 1 aromatic heterocycles. The fourth-order valence-corrected chi connectivity index (χ4v) is 2.63. The molecule has 0 atom stereocenters. The summed E-state index contributed by atoms with van der Waals surface area (Å²) in [4.78, 5) is 24.9. The molecule has 0 unspecified atom stereocenters. The van der Waals surface area contributed by atoms with Crippen LogP contribution in [0, 0.1) is 0 Å². The minimum Gasteiger partial charge on any atom is -0.296 e. The molecule has 0 saturated carbocycles. The third-order valence-electron chi connectivity index (χ3n) is 3.49. The second kappa shape index (κ2) is 5.22. The van der Waals surface area contributed by atoms with E-state index in [2.05, 4.69) is 0 Å². The minimum absolute atomic E-state index is 0.205. The predicted octanol–water partition coefficient (Wildman–Crippen LogP) is 2.40. The van der Waals surface area contributed by atoms with Crippen molar-refractivity contribution in [2.75, 3.05) is 0 Å². The van der Waals surface area contributed by atoms with Crippen LogP contribution in [0.25, 0.3) is 10.9 Å². The summed E-state index contributed by atoms with van der Waals surface area (Å²) in [5, 5.41) is 1.11. The van der Waals surface area contributed by atoms with E-state index in [9.17, 15) is 9.59 Å². The number of halogens is 1. The van der Waals surface area contributed by atoms with Gasteiger partial charge in [-0.15, -0.1) is 0 Å². The molecule has 0 fully saturated rings. The smallest absolute Gasteiger partial charge is 0.296 e. The van der Waals surface area contributed by atoms with Crippen LogP contribution in [0.4, 0.5) is 0 Å². The molecule has 2 aromatic carbocycles. The molecule has 0 bridgehead atoms. The van der Waals surface area contributed by atoms with Crippen molar-refractivity contribution in [1.29, 1.82) is 0 Å². The van der Waals surface area contributed by atoms with E-state index in [1.807, 2.05) is 12.1 Å². The van der Waals surface area contributed by atoms with E-state index in [-0.39, 0.29) is 17.8 Å². The number of hydrogen-bond donors (Lipinski definition) is 0. The third kappa shape index (κ3) is 2.38. The number of aryl methyl sites for hydroxylation is 1. The van der Waals surface area contributed by atoms with Crippen molar-refractivity contribution in [3.63, 3.8) is 0 Å². The van der Waals surface area contributed by atoms with Gasteiger partial charge < -0.3 is 0 Å². The Hall–Kier alpha value is -2.33. The van der Waals surface area contributed by atoms with Crippen molar-refractivity contribution in [3.05, 3.63) is 80.0 Å². The van der Waals surface area contributed by atoms with E-state index in [1.54, 1.807) is 43.4 Å². The van der Waals surface area contributed by atoms with Crippen LogP contribution in [0.15, 0.2) is 58.1 Å². The Morgan fingerprint density at radius 2 is 1.81 bits per heavy atom. The number of benzene rings is 2. The van der Waals surface area contributed by atoms with Gasteiger partial charge >= 0.3 is 5.69 Å². The Labute approximate surface area is 125 Å². The third-order valence-corrected chi connectivity index (χ3v) is 3.72. The average molecular weight is 301 g/mol. The zero-order chi connectivity index (χ0) is 15.0. The van der Waals surface area contributed by atoms with Gasteiger partial charge in [0.15, 0.2) is 0 Å². The SMILES string of the molecule is Cn1c(=O)n(Cc2cccc(Cl)c2)c(=O)c2ccccc21. The van der Waals surface area contributed by atoms with Crippen molar-refractivity contribution >= 4 is 22.5 Å². The molecule has 0 N–H and O–H groups in total. The molecular formula is C16H13ClN2O2. The maximum Gasteiger partial charge on any atom is 0.331 e. The largest absolute Gasteiger partial charge is 0.331 e. The Balaban J connectivity index is 2.24. The molecule has 106 valence electrons. The van der Waals surface area contributed by atoms with E-state index < -0.39 is 0 Å². The summed E-state index contributed by atoms with van der Waals surface area (Å²) in [6.07, 6.45) is 0. The molecular weight excluding hydrogens is 288 g/mol. The molecule has 0 amide bonds. The first kappa shape index (κ1) is 13.6. The highest BCUT2D eigenvalue weighted by molar-refractivity contribution is 6.30. The second-order valence-electron chi connectivity index (χ2n) is 4.88. The Morgan fingerprint density at radius 3 is 2.57 bits per heavy atom. The van der Waals surface area contributed by atoms with Crippen molar-refractivity contribution in [2.24, 2.45) is 7.05 Å². The summed E-state index contributed by atoms with van der Waals surface area (Å²) < 4.78 is 2.72. The number of hydrogen-bond acceptors (Lipinski definition) is 2. The fraction of sp³-hybridized carbons (Fsp3) is 0.125. The normalized spacial score (nSPS) is 11.0. The Bertz CT molecular complexity index is 941. The molecule has 4 nitrogen and oxygen atoms in total. The zero-order valence-corrected chi connectivity index (χ0v) is 12.2. The molecule has 0 spiro atoms. The fourth-order valence-electron chi connectivity index (χ4n) is 2.42. The van der Waals surface area contributed by atoms with Crippen LogP contribution in [0.5, 0.6) is 0 Å². The first-order valence-electron chi connectivity index (χ1n) is 6.51. The average Bonchev–Trinajstić information content (AvgIpc) is 2.49. The molecule has 0 aliphatic heterocycles. The first-order valence-corrected chi connectivity index (χ1v) is 6.89. The van der Waals surface area contributed by atoms with Gasteiger partial charge in [0.05, 0.1) is 17.4 Å². The van der Waals surface area contributed by atoms with Gasteiger partial charge in [-0.2, -0.15) is 0 Å². The highest BCUT2D eigenvalue weighted by Gasteiger charge is 2.10. The Morgan fingerprint density at radius 1 is 1.05 bits per heavy atom. The summed E-state index contributed by atoms with van der Waals surface area (Å²) in [6, 6.07) is 14.2. The van der Waals surface area contributed by atoms with Crippen LogP contribution in [-0.2, 0) is 13.6 Å². The van der Waals surface area contributed by atoms with Gasteiger partial charge in [-0.3, -0.25) is 13.9 Å². The lowest BCUT2D eigenvalue weighted by Gasteiger charge is -2.10. The zero-order valence-electron chi connectivity index (χ0n) is 11.4. The van der Waals surface area contributed by atoms with E-state index >= 15 is 0 Å². The van der Waals surface area contributed by atoms with Crippen LogP contribution in [0.3, 0.4) is 0 Å². The highest BCUT2D eigenvalue weighted by atomic mass is 35.5. The molecule has 0 aliphatic carbocycles. The summed E-state index contributed by atoms with van der Waals surface area (Å²) in [6.45, 7) is 0.205. The summed E-state index contributed by atoms with van der Waals surface area (Å²) in [5.41, 5.74) is 0.833. The number of aromatic nitrogens is 2. The van der Waals surface area contributed by atoms with Crippen molar-refractivity contribution in [2.45, 2.75) is 6.54 Å². The van der Waals surface area contributed by atoms with Gasteiger partial charge in [-0.25, -0.2) is 4.79 Å². The lowest BCUT2D eigenvalue weighted by Crippen LogP contribution is -2.39. The molecule has 0 radical (unpaired) electrons. The maximum absolute atomic E-state index is 12.5. The van der Waals surface area contributed by atoms with E-state index in [0.717, 1.165) is 5.56 Å². The standard InChI is InChI=1S/C16H13ClN2O2/c1-18-14-8-3-2-7-13(14)15(20)19(16(18)21)10-11-5-4-6-12(17)9-11/h2-9H,10H2,1H3. The first-order chi connectivity index (χ1) is 10.1. The van der Waals surface area contributed by atoms with Gasteiger partial charge in [0, 0.05) is 12.1 Å². The summed E-state index contributed by atoms with van der Waals surface area (Å²) in [7, 11) is 1.67. The molecule has 3 aromatic rings. The van der Waals surface area contributed by atoms with Crippen LogP contribution in [0.2, 0.25) is 5.02 Å². The molecule has 21 heavy (non-hydrogen) atoms. The van der Waals surface area contributed by atoms with Gasteiger partial charge in [0.1, 0.15) is 0 Å². The topological polar surface area (TPSA) is 44.0 Å². The molecule has 0 aliphatic rings. The van der Waals surface area contributed by atoms with E-state index in [0.29, 0.717) is 15.9 Å². The van der Waals surface area contributed by atoms with Crippen molar-refractivity contribution in [3.8, 4) is 0 Å². The molecule has 1 heterocycles. The van der Waals surface area contributed by atoms with Crippen LogP contribution >= 0.6 is 11.6 Å². The predicted molar refractivity (Wildman–Crippen MR) is 84.0 cm³/mol. The van der Waals surface area contributed by atoms with Crippen molar-refractivity contribution < 1.29 is 0 Å². The van der Waals surface area contributed by atoms with Crippen LogP contribution in [0.1, 0.15) is 5.56 Å². The number of rotatable bonds is 2. The number of para-hydroxylation sites is 1. The Kier molecular flexibility index (Phi) is 3.39. The lowest BCUT2D eigenvalue weighted by atomic mass is 10.2. The second-order valence-corrected chi connectivity index (χ2v) is 5.32. The minimum atomic E-state index is -0.335. The molecule has 0 saturated heterocycles. The van der Waals surface area contributed by atoms with Gasteiger partial charge in [-0.05, 0) is 29.8 Å². The maximum atomic E-state index is 12.5. The summed E-state index contributed by atoms with van der Waals surface area (Å²) >= 11 is 5.95. The summed E-state index contributed by atoms with van der Waals surface area (Å²) in [5.74, 6) is 0. The van der Waals surface area contributed by atoms with Crippen LogP contribution < -0.4 is 11.2 Å².